The number of amides is 1. The lowest BCUT2D eigenvalue weighted by molar-refractivity contribution is -0.115. The summed E-state index contributed by atoms with van der Waals surface area (Å²) in [5.74, 6) is -1.05. The van der Waals surface area contributed by atoms with Crippen LogP contribution in [0.1, 0.15) is 36.7 Å². The number of hydrogen-bond acceptors (Lipinski definition) is 3. The van der Waals surface area contributed by atoms with Gasteiger partial charge in [-0.15, -0.1) is 0 Å². The molecule has 1 amide bonds. The van der Waals surface area contributed by atoms with Crippen LogP contribution in [0.15, 0.2) is 18.2 Å². The Morgan fingerprint density at radius 1 is 1.17 bits per heavy atom. The lowest BCUT2D eigenvalue weighted by Gasteiger charge is -2.38. The first kappa shape index (κ1) is 11.0. The maximum atomic E-state index is 12.1. The van der Waals surface area contributed by atoms with Crippen molar-refractivity contribution in [2.24, 2.45) is 0 Å². The molecule has 0 bridgehead atoms. The van der Waals surface area contributed by atoms with Crippen LogP contribution < -0.4 is 4.90 Å². The van der Waals surface area contributed by atoms with Gasteiger partial charge in [-0.3, -0.25) is 14.5 Å². The second-order valence-electron chi connectivity index (χ2n) is 5.34. The molecule has 1 aromatic rings. The summed E-state index contributed by atoms with van der Waals surface area (Å²) in [5.41, 5.74) is 2.13. The first-order chi connectivity index (χ1) is 8.33. The van der Waals surface area contributed by atoms with E-state index >= 15 is 0 Å². The molecule has 0 saturated heterocycles. The van der Waals surface area contributed by atoms with Gasteiger partial charge in [0.25, 0.3) is 11.7 Å². The number of ketones is 1. The number of hydrogen-bond donors (Lipinski definition) is 1. The van der Waals surface area contributed by atoms with E-state index in [9.17, 15) is 14.7 Å². The highest BCUT2D eigenvalue weighted by molar-refractivity contribution is 6.53. The summed E-state index contributed by atoms with van der Waals surface area (Å²) < 4.78 is 0. The Bertz CT molecular complexity index is 641. The normalized spacial score (nSPS) is 19.9. The fourth-order valence-corrected chi connectivity index (χ4v) is 2.87. The first-order valence-corrected chi connectivity index (χ1v) is 5.78. The van der Waals surface area contributed by atoms with E-state index in [1.807, 2.05) is 26.8 Å². The van der Waals surface area contributed by atoms with E-state index in [4.69, 9.17) is 0 Å². The summed E-state index contributed by atoms with van der Waals surface area (Å²) in [5, 5.41) is 9.66. The molecule has 3 rings (SSSR count). The van der Waals surface area contributed by atoms with Gasteiger partial charge in [0, 0.05) is 5.56 Å². The Morgan fingerprint density at radius 3 is 2.44 bits per heavy atom. The van der Waals surface area contributed by atoms with E-state index in [1.165, 1.54) is 11.0 Å². The van der Waals surface area contributed by atoms with Crippen LogP contribution in [-0.2, 0) is 4.79 Å². The van der Waals surface area contributed by atoms with Crippen LogP contribution in [0.5, 0.6) is 5.75 Å². The molecule has 1 aromatic carbocycles. The minimum atomic E-state index is -0.543. The summed E-state index contributed by atoms with van der Waals surface area (Å²) in [6.07, 6.45) is 1.94. The predicted molar refractivity (Wildman–Crippen MR) is 67.7 cm³/mol. The number of nitrogens with zero attached hydrogens (tertiary/aromatic N) is 1. The minimum Gasteiger partial charge on any atom is -0.508 e. The van der Waals surface area contributed by atoms with Crippen LogP contribution in [0.2, 0.25) is 0 Å². The Hall–Kier alpha value is -2.10. The van der Waals surface area contributed by atoms with Gasteiger partial charge in [0.05, 0.1) is 16.8 Å². The van der Waals surface area contributed by atoms with E-state index < -0.39 is 17.2 Å². The molecule has 1 N–H and O–H groups in total. The van der Waals surface area contributed by atoms with E-state index in [0.29, 0.717) is 11.3 Å². The van der Waals surface area contributed by atoms with Crippen LogP contribution in [0.25, 0.3) is 5.57 Å². The largest absolute Gasteiger partial charge is 0.508 e. The molecule has 4 nitrogen and oxygen atoms in total. The number of phenols is 1. The lowest BCUT2D eigenvalue weighted by atomic mass is 9.89. The molecule has 0 aliphatic carbocycles. The lowest BCUT2D eigenvalue weighted by Crippen LogP contribution is -2.47. The third-order valence-electron chi connectivity index (χ3n) is 3.53. The molecule has 4 heteroatoms. The molecule has 0 aromatic heterocycles. The summed E-state index contributed by atoms with van der Waals surface area (Å²) in [6, 6.07) is 2.96. The maximum Gasteiger partial charge on any atom is 0.300 e. The number of allylic oxidation sites excluding steroid dienone is 1. The Balaban J connectivity index is 2.42. The highest BCUT2D eigenvalue weighted by Gasteiger charge is 2.46. The maximum absolute atomic E-state index is 12.1. The molecule has 2 aliphatic heterocycles. The summed E-state index contributed by atoms with van der Waals surface area (Å²) in [7, 11) is 0. The van der Waals surface area contributed by atoms with Gasteiger partial charge in [-0.1, -0.05) is 6.08 Å². The number of carbonyl (C=O) groups excluding carboxylic acids is 2. The van der Waals surface area contributed by atoms with Crippen molar-refractivity contribution in [3.8, 4) is 5.75 Å². The molecule has 0 spiro atoms. The molecule has 92 valence electrons. The fourth-order valence-electron chi connectivity index (χ4n) is 2.87. The SMILES string of the molecule is CC1=CC(C)(C)N2C(=O)C(=O)c3cc(O)cc1c32. The number of aromatic hydroxyl groups is 1. The number of anilines is 1. The van der Waals surface area contributed by atoms with Crippen molar-refractivity contribution in [3.05, 3.63) is 29.3 Å². The zero-order chi connectivity index (χ0) is 13.2. The van der Waals surface area contributed by atoms with Gasteiger partial charge in [0.2, 0.25) is 0 Å². The van der Waals surface area contributed by atoms with Crippen molar-refractivity contribution in [3.63, 3.8) is 0 Å². The van der Waals surface area contributed by atoms with Crippen LogP contribution >= 0.6 is 0 Å². The second-order valence-corrected chi connectivity index (χ2v) is 5.34. The second kappa shape index (κ2) is 3.02. The van der Waals surface area contributed by atoms with Crippen molar-refractivity contribution in [2.45, 2.75) is 26.3 Å². The molecular weight excluding hydrogens is 230 g/mol. The van der Waals surface area contributed by atoms with E-state index in [1.54, 1.807) is 6.07 Å². The van der Waals surface area contributed by atoms with Gasteiger partial charge in [0.1, 0.15) is 5.75 Å². The van der Waals surface area contributed by atoms with Gasteiger partial charge in [-0.25, -0.2) is 0 Å². The third kappa shape index (κ3) is 1.15. The fraction of sp³-hybridized carbons (Fsp3) is 0.286. The summed E-state index contributed by atoms with van der Waals surface area (Å²) in [4.78, 5) is 25.6. The van der Waals surface area contributed by atoms with Crippen molar-refractivity contribution in [1.82, 2.24) is 0 Å². The standard InChI is InChI=1S/C14H13NO3/c1-7-6-14(2,3)15-11-9(7)4-8(16)5-10(11)12(17)13(15)18/h4-6,16H,1-3H3. The van der Waals surface area contributed by atoms with Crippen molar-refractivity contribution < 1.29 is 14.7 Å². The zero-order valence-corrected chi connectivity index (χ0v) is 10.4. The number of Topliss-reactive ketones (excluding diaryl/α,β-unsaturated/α-hetero) is 1. The van der Waals surface area contributed by atoms with Crippen LogP contribution in [-0.4, -0.2) is 22.3 Å². The first-order valence-electron chi connectivity index (χ1n) is 5.78. The third-order valence-corrected chi connectivity index (χ3v) is 3.53. The molecular formula is C14H13NO3. The molecule has 0 saturated carbocycles. The smallest absolute Gasteiger partial charge is 0.300 e. The molecule has 2 aliphatic rings. The molecule has 0 radical (unpaired) electrons. The van der Waals surface area contributed by atoms with Crippen molar-refractivity contribution in [1.29, 1.82) is 0 Å². The van der Waals surface area contributed by atoms with E-state index in [0.717, 1.165) is 11.1 Å². The number of phenolic OH excluding ortho intramolecular Hbond substituents is 1. The Kier molecular flexibility index (Phi) is 1.85. The van der Waals surface area contributed by atoms with Gasteiger partial charge in [-0.2, -0.15) is 0 Å². The quantitative estimate of drug-likeness (QED) is 0.710. The summed E-state index contributed by atoms with van der Waals surface area (Å²) in [6.45, 7) is 5.71. The minimum absolute atomic E-state index is 0.0132. The van der Waals surface area contributed by atoms with Crippen LogP contribution in [0, 0.1) is 0 Å². The van der Waals surface area contributed by atoms with Gasteiger partial charge < -0.3 is 5.11 Å². The number of carbonyl (C=O) groups is 2. The number of benzene rings is 1. The van der Waals surface area contributed by atoms with Crippen LogP contribution in [0.4, 0.5) is 5.69 Å². The van der Waals surface area contributed by atoms with Crippen molar-refractivity contribution in [2.75, 3.05) is 4.90 Å². The number of rotatable bonds is 0. The molecule has 0 fully saturated rings. The molecule has 18 heavy (non-hydrogen) atoms. The average Bonchev–Trinajstić information content (AvgIpc) is 2.50. The van der Waals surface area contributed by atoms with Gasteiger partial charge in [-0.05, 0) is 38.5 Å². The highest BCUT2D eigenvalue weighted by atomic mass is 16.3. The van der Waals surface area contributed by atoms with E-state index in [2.05, 4.69) is 0 Å². The van der Waals surface area contributed by atoms with Crippen LogP contribution in [0.3, 0.4) is 0 Å². The monoisotopic (exact) mass is 243 g/mol. The predicted octanol–water partition coefficient (Wildman–Crippen LogP) is 2.12. The zero-order valence-electron chi connectivity index (χ0n) is 10.4. The van der Waals surface area contributed by atoms with Crippen molar-refractivity contribution >= 4 is 23.0 Å². The summed E-state index contributed by atoms with van der Waals surface area (Å²) >= 11 is 0. The van der Waals surface area contributed by atoms with E-state index in [-0.39, 0.29) is 5.75 Å². The molecule has 0 atom stereocenters. The molecule has 0 unspecified atom stereocenters. The Morgan fingerprint density at radius 2 is 1.78 bits per heavy atom. The molecule has 2 heterocycles. The topological polar surface area (TPSA) is 57.6 Å². The highest BCUT2D eigenvalue weighted by Crippen LogP contribution is 2.46. The Labute approximate surface area is 105 Å². The van der Waals surface area contributed by atoms with Gasteiger partial charge >= 0.3 is 0 Å². The van der Waals surface area contributed by atoms with Gasteiger partial charge in [0.15, 0.2) is 0 Å². The average molecular weight is 243 g/mol.